The van der Waals surface area contributed by atoms with Crippen LogP contribution in [0.2, 0.25) is 0 Å². The summed E-state index contributed by atoms with van der Waals surface area (Å²) in [5, 5.41) is 2.84. The van der Waals surface area contributed by atoms with Crippen LogP contribution in [0.15, 0.2) is 0 Å². The Labute approximate surface area is 147 Å². The van der Waals surface area contributed by atoms with Crippen molar-refractivity contribution in [2.24, 2.45) is 0 Å². The van der Waals surface area contributed by atoms with Crippen molar-refractivity contribution in [1.82, 2.24) is 15.1 Å². The zero-order valence-corrected chi connectivity index (χ0v) is 15.0. The molecule has 2 rings (SSSR count). The lowest BCUT2D eigenvalue weighted by atomic mass is 9.82. The Morgan fingerprint density at radius 1 is 1.20 bits per heavy atom. The summed E-state index contributed by atoms with van der Waals surface area (Å²) >= 11 is 0. The molecule has 2 aliphatic rings. The van der Waals surface area contributed by atoms with Crippen LogP contribution in [0.3, 0.4) is 0 Å². The van der Waals surface area contributed by atoms with E-state index in [-0.39, 0.29) is 43.7 Å². The van der Waals surface area contributed by atoms with E-state index in [4.69, 9.17) is 0 Å². The van der Waals surface area contributed by atoms with Crippen LogP contribution in [-0.4, -0.2) is 65.9 Å². The molecule has 8 nitrogen and oxygen atoms in total. The Bertz CT molecular complexity index is 542. The van der Waals surface area contributed by atoms with E-state index < -0.39 is 11.6 Å². The van der Waals surface area contributed by atoms with Crippen molar-refractivity contribution in [3.05, 3.63) is 0 Å². The third-order valence-electron chi connectivity index (χ3n) is 5.05. The second-order valence-corrected chi connectivity index (χ2v) is 6.58. The molecule has 0 unspecified atom stereocenters. The van der Waals surface area contributed by atoms with Gasteiger partial charge in [0.1, 0.15) is 5.54 Å². The summed E-state index contributed by atoms with van der Waals surface area (Å²) in [6.45, 7) is 2.62. The number of ether oxygens (including phenoxy) is 1. The molecule has 0 aromatic rings. The SMILES string of the molecule is CCN(CCC(=O)OC)C(=O)CCN1C(=O)NC2(CCCCC2)C1=O. The lowest BCUT2D eigenvalue weighted by molar-refractivity contribution is -0.141. The number of imide groups is 1. The molecule has 0 radical (unpaired) electrons. The van der Waals surface area contributed by atoms with E-state index in [1.807, 2.05) is 6.92 Å². The lowest BCUT2D eigenvalue weighted by Gasteiger charge is -2.30. The summed E-state index contributed by atoms with van der Waals surface area (Å²) in [6.07, 6.45) is 4.46. The van der Waals surface area contributed by atoms with Crippen molar-refractivity contribution in [2.75, 3.05) is 26.7 Å². The van der Waals surface area contributed by atoms with Gasteiger partial charge in [0, 0.05) is 26.1 Å². The van der Waals surface area contributed by atoms with Gasteiger partial charge in [-0.15, -0.1) is 0 Å². The molecule has 1 N–H and O–H groups in total. The summed E-state index contributed by atoms with van der Waals surface area (Å²) in [5.41, 5.74) is -0.756. The van der Waals surface area contributed by atoms with Gasteiger partial charge in [-0.2, -0.15) is 0 Å². The van der Waals surface area contributed by atoms with Gasteiger partial charge in [0.05, 0.1) is 13.5 Å². The van der Waals surface area contributed by atoms with Crippen molar-refractivity contribution in [2.45, 2.75) is 57.4 Å². The van der Waals surface area contributed by atoms with E-state index in [1.165, 1.54) is 12.0 Å². The summed E-state index contributed by atoms with van der Waals surface area (Å²) in [5.74, 6) is -0.765. The van der Waals surface area contributed by atoms with E-state index in [0.717, 1.165) is 24.2 Å². The van der Waals surface area contributed by atoms with E-state index in [2.05, 4.69) is 10.1 Å². The number of hydrogen-bond acceptors (Lipinski definition) is 5. The van der Waals surface area contributed by atoms with Gasteiger partial charge in [-0.25, -0.2) is 4.79 Å². The number of carbonyl (C=O) groups excluding carboxylic acids is 4. The van der Waals surface area contributed by atoms with Crippen LogP contribution in [0.4, 0.5) is 4.79 Å². The molecule has 1 spiro atoms. The third-order valence-corrected chi connectivity index (χ3v) is 5.05. The molecule has 1 aliphatic heterocycles. The minimum Gasteiger partial charge on any atom is -0.469 e. The molecule has 0 aromatic carbocycles. The van der Waals surface area contributed by atoms with Gasteiger partial charge >= 0.3 is 12.0 Å². The van der Waals surface area contributed by atoms with Crippen LogP contribution in [0.5, 0.6) is 0 Å². The highest BCUT2D eigenvalue weighted by molar-refractivity contribution is 6.07. The predicted octanol–water partition coefficient (Wildman–Crippen LogP) is 1.04. The van der Waals surface area contributed by atoms with Crippen molar-refractivity contribution in [1.29, 1.82) is 0 Å². The Morgan fingerprint density at radius 3 is 2.48 bits per heavy atom. The molecule has 140 valence electrons. The Morgan fingerprint density at radius 2 is 1.88 bits per heavy atom. The number of rotatable bonds is 7. The van der Waals surface area contributed by atoms with E-state index >= 15 is 0 Å². The van der Waals surface area contributed by atoms with Gasteiger partial charge in [0.25, 0.3) is 5.91 Å². The van der Waals surface area contributed by atoms with Crippen LogP contribution < -0.4 is 5.32 Å². The molecular formula is C17H27N3O5. The molecule has 8 heteroatoms. The number of nitrogens with one attached hydrogen (secondary N) is 1. The van der Waals surface area contributed by atoms with Crippen molar-refractivity contribution < 1.29 is 23.9 Å². The van der Waals surface area contributed by atoms with Crippen molar-refractivity contribution >= 4 is 23.8 Å². The summed E-state index contributed by atoms with van der Waals surface area (Å²) in [6, 6.07) is -0.405. The first-order valence-electron chi connectivity index (χ1n) is 8.92. The molecule has 25 heavy (non-hydrogen) atoms. The highest BCUT2D eigenvalue weighted by Gasteiger charge is 2.51. The van der Waals surface area contributed by atoms with Crippen LogP contribution in [0.25, 0.3) is 0 Å². The van der Waals surface area contributed by atoms with Gasteiger partial charge in [0.2, 0.25) is 5.91 Å². The first kappa shape index (κ1) is 19.2. The largest absolute Gasteiger partial charge is 0.469 e. The van der Waals surface area contributed by atoms with Crippen LogP contribution >= 0.6 is 0 Å². The predicted molar refractivity (Wildman–Crippen MR) is 89.6 cm³/mol. The Hall–Kier alpha value is -2.12. The molecule has 1 saturated heterocycles. The average Bonchev–Trinajstić information content (AvgIpc) is 2.83. The summed E-state index contributed by atoms with van der Waals surface area (Å²) in [4.78, 5) is 51.1. The van der Waals surface area contributed by atoms with E-state index in [0.29, 0.717) is 19.4 Å². The number of carbonyl (C=O) groups is 4. The second kappa shape index (κ2) is 8.31. The number of hydrogen-bond donors (Lipinski definition) is 1. The zero-order valence-electron chi connectivity index (χ0n) is 15.0. The van der Waals surface area contributed by atoms with Crippen LogP contribution in [-0.2, 0) is 19.1 Å². The lowest BCUT2D eigenvalue weighted by Crippen LogP contribution is -2.48. The average molecular weight is 353 g/mol. The molecule has 4 amide bonds. The topological polar surface area (TPSA) is 96.0 Å². The Kier molecular flexibility index (Phi) is 6.39. The highest BCUT2D eigenvalue weighted by Crippen LogP contribution is 2.33. The van der Waals surface area contributed by atoms with Crippen molar-refractivity contribution in [3.63, 3.8) is 0 Å². The fraction of sp³-hybridized carbons (Fsp3) is 0.765. The smallest absolute Gasteiger partial charge is 0.325 e. The molecule has 1 saturated carbocycles. The van der Waals surface area contributed by atoms with E-state index in [1.54, 1.807) is 0 Å². The zero-order chi connectivity index (χ0) is 18.4. The summed E-state index contributed by atoms with van der Waals surface area (Å²) in [7, 11) is 1.30. The monoisotopic (exact) mass is 353 g/mol. The minimum atomic E-state index is -0.756. The van der Waals surface area contributed by atoms with Crippen LogP contribution in [0, 0.1) is 0 Å². The maximum Gasteiger partial charge on any atom is 0.325 e. The standard InChI is InChI=1S/C17H27N3O5/c1-3-19(11-8-14(22)25-2)13(21)7-12-20-15(23)17(18-16(20)24)9-5-4-6-10-17/h3-12H2,1-2H3,(H,18,24). The maximum absolute atomic E-state index is 12.7. The number of amides is 4. The molecule has 2 fully saturated rings. The minimum absolute atomic E-state index is 0.0598. The first-order valence-corrected chi connectivity index (χ1v) is 8.92. The highest BCUT2D eigenvalue weighted by atomic mass is 16.5. The fourth-order valence-electron chi connectivity index (χ4n) is 3.53. The molecule has 0 atom stereocenters. The molecule has 1 heterocycles. The van der Waals surface area contributed by atoms with Gasteiger partial charge in [0.15, 0.2) is 0 Å². The number of methoxy groups -OCH3 is 1. The second-order valence-electron chi connectivity index (χ2n) is 6.58. The molecule has 1 aliphatic carbocycles. The van der Waals surface area contributed by atoms with Gasteiger partial charge in [-0.05, 0) is 19.8 Å². The number of nitrogens with zero attached hydrogens (tertiary/aromatic N) is 2. The Balaban J connectivity index is 1.89. The van der Waals surface area contributed by atoms with Gasteiger partial charge in [-0.3, -0.25) is 19.3 Å². The fourth-order valence-corrected chi connectivity index (χ4v) is 3.53. The van der Waals surface area contributed by atoms with Gasteiger partial charge < -0.3 is 15.0 Å². The van der Waals surface area contributed by atoms with E-state index in [9.17, 15) is 19.2 Å². The molecular weight excluding hydrogens is 326 g/mol. The van der Waals surface area contributed by atoms with Gasteiger partial charge in [-0.1, -0.05) is 19.3 Å². The van der Waals surface area contributed by atoms with Crippen LogP contribution in [0.1, 0.15) is 51.9 Å². The quantitative estimate of drug-likeness (QED) is 0.545. The molecule has 0 bridgehead atoms. The number of esters is 1. The maximum atomic E-state index is 12.7. The van der Waals surface area contributed by atoms with Crippen molar-refractivity contribution in [3.8, 4) is 0 Å². The third kappa shape index (κ3) is 4.29. The molecule has 0 aromatic heterocycles. The summed E-state index contributed by atoms with van der Waals surface area (Å²) < 4.78 is 4.58. The first-order chi connectivity index (χ1) is 11.9. The number of urea groups is 1. The normalized spacial score (nSPS) is 19.0.